The van der Waals surface area contributed by atoms with E-state index in [1.165, 1.54) is 11.1 Å². The summed E-state index contributed by atoms with van der Waals surface area (Å²) >= 11 is 3.52. The Kier molecular flexibility index (Phi) is 3.72. The summed E-state index contributed by atoms with van der Waals surface area (Å²) in [7, 11) is 0. The maximum absolute atomic E-state index is 5.78. The molecule has 72 valence electrons. The predicted octanol–water partition coefficient (Wildman–Crippen LogP) is 2.69. The van der Waals surface area contributed by atoms with E-state index in [-0.39, 0.29) is 0 Å². The molecule has 0 saturated carbocycles. The standard InChI is InChI=1S/C10H15BrN2/c1-7-5-6-13-10(12)9(7)4-3-8(2)11/h5-6,8H,3-4H2,1-2H3,(H2,12,13). The van der Waals surface area contributed by atoms with Crippen molar-refractivity contribution in [2.24, 2.45) is 0 Å². The van der Waals surface area contributed by atoms with Crippen LogP contribution in [0.2, 0.25) is 0 Å². The third-order valence-electron chi connectivity index (χ3n) is 2.12. The lowest BCUT2D eigenvalue weighted by Crippen LogP contribution is -2.02. The van der Waals surface area contributed by atoms with E-state index in [0.717, 1.165) is 12.8 Å². The summed E-state index contributed by atoms with van der Waals surface area (Å²) in [6.07, 6.45) is 3.85. The molecule has 2 nitrogen and oxygen atoms in total. The first kappa shape index (κ1) is 10.5. The first-order valence-electron chi connectivity index (χ1n) is 4.45. The van der Waals surface area contributed by atoms with Gasteiger partial charge in [-0.25, -0.2) is 4.98 Å². The van der Waals surface area contributed by atoms with Crippen LogP contribution in [0, 0.1) is 6.92 Å². The van der Waals surface area contributed by atoms with Crippen LogP contribution in [0.5, 0.6) is 0 Å². The van der Waals surface area contributed by atoms with E-state index in [1.807, 2.05) is 6.07 Å². The van der Waals surface area contributed by atoms with Crippen LogP contribution >= 0.6 is 15.9 Å². The minimum absolute atomic E-state index is 0.534. The Bertz CT molecular complexity index is 264. The van der Waals surface area contributed by atoms with Crippen LogP contribution in [-0.2, 0) is 6.42 Å². The van der Waals surface area contributed by atoms with Crippen LogP contribution in [0.25, 0.3) is 0 Å². The molecule has 3 heteroatoms. The topological polar surface area (TPSA) is 38.9 Å². The van der Waals surface area contributed by atoms with Crippen molar-refractivity contribution >= 4 is 21.7 Å². The molecule has 1 atom stereocenters. The number of hydrogen-bond acceptors (Lipinski definition) is 2. The van der Waals surface area contributed by atoms with Gasteiger partial charge in [0.25, 0.3) is 0 Å². The van der Waals surface area contributed by atoms with E-state index in [4.69, 9.17) is 5.73 Å². The number of alkyl halides is 1. The molecule has 1 unspecified atom stereocenters. The molecule has 0 aliphatic rings. The van der Waals surface area contributed by atoms with Gasteiger partial charge in [-0.2, -0.15) is 0 Å². The summed E-state index contributed by atoms with van der Waals surface area (Å²) in [6, 6.07) is 2.00. The average molecular weight is 243 g/mol. The van der Waals surface area contributed by atoms with E-state index in [0.29, 0.717) is 10.6 Å². The number of hydrogen-bond donors (Lipinski definition) is 1. The summed E-state index contributed by atoms with van der Waals surface area (Å²) in [5.74, 6) is 0.674. The van der Waals surface area contributed by atoms with E-state index in [1.54, 1.807) is 6.20 Å². The number of aromatic nitrogens is 1. The van der Waals surface area contributed by atoms with Gasteiger partial charge in [0.15, 0.2) is 0 Å². The van der Waals surface area contributed by atoms with Crippen molar-refractivity contribution in [3.05, 3.63) is 23.4 Å². The van der Waals surface area contributed by atoms with E-state index in [2.05, 4.69) is 34.8 Å². The van der Waals surface area contributed by atoms with Crippen molar-refractivity contribution in [2.45, 2.75) is 31.5 Å². The van der Waals surface area contributed by atoms with Gasteiger partial charge in [-0.05, 0) is 37.0 Å². The molecule has 0 saturated heterocycles. The number of nitrogens with two attached hydrogens (primary N) is 1. The summed E-state index contributed by atoms with van der Waals surface area (Å²) < 4.78 is 0. The van der Waals surface area contributed by atoms with E-state index >= 15 is 0 Å². The lowest BCUT2D eigenvalue weighted by Gasteiger charge is -2.08. The third-order valence-corrected chi connectivity index (χ3v) is 2.57. The summed E-state index contributed by atoms with van der Waals surface area (Å²) in [4.78, 5) is 4.61. The second-order valence-corrected chi connectivity index (χ2v) is 4.87. The largest absolute Gasteiger partial charge is 0.383 e. The zero-order chi connectivity index (χ0) is 9.84. The molecule has 0 amide bonds. The second-order valence-electron chi connectivity index (χ2n) is 3.31. The number of halogens is 1. The van der Waals surface area contributed by atoms with Crippen LogP contribution in [0.1, 0.15) is 24.5 Å². The van der Waals surface area contributed by atoms with Gasteiger partial charge in [-0.15, -0.1) is 0 Å². The SMILES string of the molecule is Cc1ccnc(N)c1CCC(C)Br. The Morgan fingerprint density at radius 1 is 1.62 bits per heavy atom. The van der Waals surface area contributed by atoms with Gasteiger partial charge in [-0.1, -0.05) is 22.9 Å². The summed E-state index contributed by atoms with van der Waals surface area (Å²) in [6.45, 7) is 4.22. The molecule has 2 N–H and O–H groups in total. The fourth-order valence-corrected chi connectivity index (χ4v) is 1.51. The predicted molar refractivity (Wildman–Crippen MR) is 60.1 cm³/mol. The van der Waals surface area contributed by atoms with Gasteiger partial charge in [0.1, 0.15) is 5.82 Å². The average Bonchev–Trinajstić information content (AvgIpc) is 2.03. The van der Waals surface area contributed by atoms with Gasteiger partial charge in [-0.3, -0.25) is 0 Å². The molecule has 1 aromatic heterocycles. The molecule has 1 heterocycles. The monoisotopic (exact) mass is 242 g/mol. The van der Waals surface area contributed by atoms with Crippen molar-refractivity contribution in [3.63, 3.8) is 0 Å². The lowest BCUT2D eigenvalue weighted by atomic mass is 10.0. The van der Waals surface area contributed by atoms with Crippen molar-refractivity contribution in [1.29, 1.82) is 0 Å². The molecule has 0 aliphatic carbocycles. The number of nitrogens with zero attached hydrogens (tertiary/aromatic N) is 1. The maximum Gasteiger partial charge on any atom is 0.126 e. The Balaban J connectivity index is 2.75. The highest BCUT2D eigenvalue weighted by Crippen LogP contribution is 2.17. The quantitative estimate of drug-likeness (QED) is 0.829. The fraction of sp³-hybridized carbons (Fsp3) is 0.500. The molecular weight excluding hydrogens is 228 g/mol. The Labute approximate surface area is 87.7 Å². The number of rotatable bonds is 3. The minimum Gasteiger partial charge on any atom is -0.383 e. The van der Waals surface area contributed by atoms with Crippen LogP contribution in [0.4, 0.5) is 5.82 Å². The molecular formula is C10H15BrN2. The first-order chi connectivity index (χ1) is 6.11. The third kappa shape index (κ3) is 2.99. The van der Waals surface area contributed by atoms with Crippen molar-refractivity contribution in [2.75, 3.05) is 5.73 Å². The first-order valence-corrected chi connectivity index (χ1v) is 5.37. The van der Waals surface area contributed by atoms with Gasteiger partial charge in [0, 0.05) is 11.0 Å². The van der Waals surface area contributed by atoms with Crippen LogP contribution in [0.3, 0.4) is 0 Å². The van der Waals surface area contributed by atoms with E-state index in [9.17, 15) is 0 Å². The molecule has 0 fully saturated rings. The normalized spacial score (nSPS) is 12.8. The van der Waals surface area contributed by atoms with Crippen molar-refractivity contribution in [1.82, 2.24) is 4.98 Å². The Morgan fingerprint density at radius 3 is 2.85 bits per heavy atom. The summed E-state index contributed by atoms with van der Waals surface area (Å²) in [5, 5.41) is 0. The highest BCUT2D eigenvalue weighted by molar-refractivity contribution is 9.09. The van der Waals surface area contributed by atoms with Crippen LogP contribution < -0.4 is 5.73 Å². The molecule has 0 aliphatic heterocycles. The van der Waals surface area contributed by atoms with Gasteiger partial charge in [0.2, 0.25) is 0 Å². The Hall–Kier alpha value is -0.570. The zero-order valence-electron chi connectivity index (χ0n) is 8.05. The van der Waals surface area contributed by atoms with Crippen molar-refractivity contribution < 1.29 is 0 Å². The smallest absolute Gasteiger partial charge is 0.126 e. The minimum atomic E-state index is 0.534. The number of pyridine rings is 1. The molecule has 1 rings (SSSR count). The highest BCUT2D eigenvalue weighted by atomic mass is 79.9. The maximum atomic E-state index is 5.78. The van der Waals surface area contributed by atoms with Gasteiger partial charge < -0.3 is 5.73 Å². The van der Waals surface area contributed by atoms with Crippen LogP contribution in [-0.4, -0.2) is 9.81 Å². The molecule has 1 aromatic rings. The number of nitrogen functional groups attached to an aromatic ring is 1. The van der Waals surface area contributed by atoms with Gasteiger partial charge in [0.05, 0.1) is 0 Å². The molecule has 13 heavy (non-hydrogen) atoms. The molecule has 0 aromatic carbocycles. The molecule has 0 radical (unpaired) electrons. The summed E-state index contributed by atoms with van der Waals surface area (Å²) in [5.41, 5.74) is 8.21. The number of anilines is 1. The van der Waals surface area contributed by atoms with Crippen molar-refractivity contribution in [3.8, 4) is 0 Å². The lowest BCUT2D eigenvalue weighted by molar-refractivity contribution is 0.816. The molecule has 0 bridgehead atoms. The fourth-order valence-electron chi connectivity index (χ4n) is 1.28. The highest BCUT2D eigenvalue weighted by Gasteiger charge is 2.05. The van der Waals surface area contributed by atoms with Gasteiger partial charge >= 0.3 is 0 Å². The van der Waals surface area contributed by atoms with Crippen LogP contribution in [0.15, 0.2) is 12.3 Å². The van der Waals surface area contributed by atoms with E-state index < -0.39 is 0 Å². The second kappa shape index (κ2) is 4.61. The molecule has 0 spiro atoms. The Morgan fingerprint density at radius 2 is 2.31 bits per heavy atom. The number of aryl methyl sites for hydroxylation is 1. The zero-order valence-corrected chi connectivity index (χ0v) is 9.63.